The Balaban J connectivity index is -0.00000000500. The summed E-state index contributed by atoms with van der Waals surface area (Å²) >= 11 is 0. The summed E-state index contributed by atoms with van der Waals surface area (Å²) in [5.41, 5.74) is 0. The molecule has 0 radical (unpaired) electrons. The van der Waals surface area contributed by atoms with E-state index in [1.54, 1.807) is 0 Å². The number of halogens is 2. The second-order valence-electron chi connectivity index (χ2n) is 0. The smallest absolute Gasteiger partial charge is 0.106 e. The Hall–Kier alpha value is 0.320. The number of hydrogen-bond donors (Lipinski definition) is 0. The van der Waals surface area contributed by atoms with Crippen LogP contribution in [0.25, 0.3) is 0 Å². The fourth-order valence-electron chi connectivity index (χ4n) is 0. The Labute approximate surface area is 38.7 Å². The molecule has 0 unspecified atom stereocenters. The Bertz CT molecular complexity index is 4.00. The van der Waals surface area contributed by atoms with E-state index in [0.717, 1.165) is 0 Å². The van der Waals surface area contributed by atoms with Gasteiger partial charge in [-0.05, 0) is 0 Å². The van der Waals surface area contributed by atoms with Crippen LogP contribution in [0.3, 0.4) is 0 Å². The van der Waals surface area contributed by atoms with E-state index in [1.165, 1.54) is 0 Å². The molecule has 28 valence electrons. The highest BCUT2D eigenvalue weighted by molar-refractivity contribution is 4.22. The molecule has 0 amide bonds. The van der Waals surface area contributed by atoms with Crippen LogP contribution in [0.2, 0.25) is 0 Å². The lowest BCUT2D eigenvalue weighted by Gasteiger charge is -1.00. The first-order chi connectivity index (χ1) is 1.00. The highest BCUT2D eigenvalue weighted by Crippen LogP contribution is 0.862. The minimum absolute atomic E-state index is 0. The van der Waals surface area contributed by atoms with Gasteiger partial charge in [-0.3, -0.25) is 0 Å². The molecule has 0 atom stereocenters. The van der Waals surface area contributed by atoms with Crippen molar-refractivity contribution < 1.29 is 24.8 Å². The van der Waals surface area contributed by atoms with Gasteiger partial charge in [-0.2, -0.15) is 0 Å². The average Bonchev–Trinajstić information content (AvgIpc) is 1.00. The van der Waals surface area contributed by atoms with E-state index in [1.807, 2.05) is 0 Å². The van der Waals surface area contributed by atoms with E-state index in [-0.39, 0.29) is 24.8 Å². The van der Waals surface area contributed by atoms with Crippen molar-refractivity contribution in [2.24, 2.45) is 0 Å². The highest BCUT2D eigenvalue weighted by atomic mass is 35.5. The van der Waals surface area contributed by atoms with Gasteiger partial charge in [0.1, 0.15) is 0 Å². The van der Waals surface area contributed by atoms with E-state index < -0.39 is 0 Å². The second-order valence-corrected chi connectivity index (χ2v) is 0. The Kier molecular flexibility index (Phi) is 1190. The van der Waals surface area contributed by atoms with Crippen molar-refractivity contribution in [2.45, 2.75) is 0 Å². The molecule has 0 aromatic carbocycles. The molecule has 0 nitrogen and oxygen atoms in total. The average molecular weight is 99.0 g/mol. The van der Waals surface area contributed by atoms with E-state index in [4.69, 9.17) is 0 Å². The summed E-state index contributed by atoms with van der Waals surface area (Å²) in [5, 5.41) is 0. The van der Waals surface area contributed by atoms with Crippen LogP contribution in [0, 0.1) is 0 Å². The number of rotatable bonds is 0. The van der Waals surface area contributed by atoms with Crippen LogP contribution in [-0.2, 0) is 0 Å². The zero-order valence-electron chi connectivity index (χ0n) is 2.17. The summed E-state index contributed by atoms with van der Waals surface area (Å²) in [5.74, 6) is 0. The SMILES string of the molecule is C=C.[Cl-].[Cl-]. The summed E-state index contributed by atoms with van der Waals surface area (Å²) in [6.45, 7) is 6.00. The third kappa shape index (κ3) is 39.5. The Morgan fingerprint density at radius 2 is 0.750 bits per heavy atom. The van der Waals surface area contributed by atoms with Gasteiger partial charge in [0, 0.05) is 0 Å². The van der Waals surface area contributed by atoms with Crippen LogP contribution in [0.15, 0.2) is 13.2 Å². The van der Waals surface area contributed by atoms with Crippen molar-refractivity contribution >= 4 is 0 Å². The fraction of sp³-hybridized carbons (Fsp3) is 0. The predicted octanol–water partition coefficient (Wildman–Crippen LogP) is -5.19. The third-order valence-corrected chi connectivity index (χ3v) is 0. The van der Waals surface area contributed by atoms with Crippen LogP contribution in [0.1, 0.15) is 0 Å². The predicted molar refractivity (Wildman–Crippen MR) is 11.3 cm³/mol. The lowest BCUT2D eigenvalue weighted by atomic mass is 11.3. The summed E-state index contributed by atoms with van der Waals surface area (Å²) in [6.07, 6.45) is 0. The lowest BCUT2D eigenvalue weighted by Crippen LogP contribution is -3.00. The molecule has 0 N–H and O–H groups in total. The Morgan fingerprint density at radius 1 is 0.750 bits per heavy atom. The second kappa shape index (κ2) is 175. The first-order valence-corrected chi connectivity index (χ1v) is 0.500. The van der Waals surface area contributed by atoms with Crippen LogP contribution in [0.4, 0.5) is 0 Å². The van der Waals surface area contributed by atoms with Gasteiger partial charge in [0.05, 0.1) is 0 Å². The standard InChI is InChI=1S/C2H4.2ClH/c1-2;;/h1-2H2;2*1H/p-2. The van der Waals surface area contributed by atoms with Crippen molar-refractivity contribution in [3.05, 3.63) is 13.2 Å². The van der Waals surface area contributed by atoms with E-state index >= 15 is 0 Å². The van der Waals surface area contributed by atoms with Crippen LogP contribution in [0.5, 0.6) is 0 Å². The minimum atomic E-state index is 0. The van der Waals surface area contributed by atoms with Crippen molar-refractivity contribution in [1.29, 1.82) is 0 Å². The van der Waals surface area contributed by atoms with Crippen LogP contribution >= 0.6 is 0 Å². The van der Waals surface area contributed by atoms with Gasteiger partial charge in [0.2, 0.25) is 0 Å². The lowest BCUT2D eigenvalue weighted by molar-refractivity contribution is -0.00100. The first-order valence-electron chi connectivity index (χ1n) is 0.500. The zero-order valence-corrected chi connectivity index (χ0v) is 3.68. The van der Waals surface area contributed by atoms with Crippen LogP contribution in [-0.4, -0.2) is 0 Å². The molecule has 0 aliphatic heterocycles. The molecule has 0 rings (SSSR count). The van der Waals surface area contributed by atoms with Crippen molar-refractivity contribution in [3.63, 3.8) is 0 Å². The summed E-state index contributed by atoms with van der Waals surface area (Å²) in [7, 11) is 0. The molecule has 0 aliphatic carbocycles. The molecule has 0 bridgehead atoms. The molecular formula is C2H4Cl2-2. The van der Waals surface area contributed by atoms with E-state index in [2.05, 4.69) is 13.2 Å². The topological polar surface area (TPSA) is 0 Å². The first kappa shape index (κ1) is 27.3. The number of hydrogen-bond acceptors (Lipinski definition) is 0. The molecule has 0 aromatic rings. The zero-order chi connectivity index (χ0) is 2.00. The van der Waals surface area contributed by atoms with Gasteiger partial charge < -0.3 is 24.8 Å². The van der Waals surface area contributed by atoms with Crippen molar-refractivity contribution in [3.8, 4) is 0 Å². The monoisotopic (exact) mass is 98.0 g/mol. The quantitative estimate of drug-likeness (QED) is 0.266. The van der Waals surface area contributed by atoms with Crippen molar-refractivity contribution in [2.75, 3.05) is 0 Å². The third-order valence-electron chi connectivity index (χ3n) is 0. The van der Waals surface area contributed by atoms with Gasteiger partial charge >= 0.3 is 0 Å². The van der Waals surface area contributed by atoms with Crippen LogP contribution < -0.4 is 24.8 Å². The molecule has 0 aliphatic rings. The maximum absolute atomic E-state index is 3.00. The van der Waals surface area contributed by atoms with Gasteiger partial charge in [-0.15, -0.1) is 13.2 Å². The normalized spacial score (nSPS) is 1.00. The maximum Gasteiger partial charge on any atom is -0.106 e. The molecule has 0 aromatic heterocycles. The molecule has 0 heterocycles. The summed E-state index contributed by atoms with van der Waals surface area (Å²) in [6, 6.07) is 0. The Morgan fingerprint density at radius 3 is 0.750 bits per heavy atom. The van der Waals surface area contributed by atoms with Gasteiger partial charge in [0.25, 0.3) is 0 Å². The van der Waals surface area contributed by atoms with Gasteiger partial charge in [0.15, 0.2) is 0 Å². The minimum Gasteiger partial charge on any atom is -1.00 e. The molecular weight excluding hydrogens is 94.9 g/mol. The molecule has 0 fully saturated rings. The largest absolute Gasteiger partial charge is 1.00 e. The maximum atomic E-state index is 3.00. The fourth-order valence-corrected chi connectivity index (χ4v) is 0. The van der Waals surface area contributed by atoms with Gasteiger partial charge in [-0.25, -0.2) is 0 Å². The highest BCUT2D eigenvalue weighted by Gasteiger charge is 0.601. The molecule has 0 saturated carbocycles. The summed E-state index contributed by atoms with van der Waals surface area (Å²) in [4.78, 5) is 0. The molecule has 2 heteroatoms. The van der Waals surface area contributed by atoms with Crippen molar-refractivity contribution in [1.82, 2.24) is 0 Å². The molecule has 0 saturated heterocycles. The molecule has 4 heavy (non-hydrogen) atoms. The summed E-state index contributed by atoms with van der Waals surface area (Å²) < 4.78 is 0. The molecule has 0 spiro atoms. The van der Waals surface area contributed by atoms with E-state index in [9.17, 15) is 0 Å². The van der Waals surface area contributed by atoms with E-state index in [0.29, 0.717) is 0 Å². The van der Waals surface area contributed by atoms with Gasteiger partial charge in [-0.1, -0.05) is 0 Å².